The number of rotatable bonds is 3. The van der Waals surface area contributed by atoms with Gasteiger partial charge in [-0.1, -0.05) is 39.7 Å². The Morgan fingerprint density at radius 1 is 1.17 bits per heavy atom. The summed E-state index contributed by atoms with van der Waals surface area (Å²) in [6.07, 6.45) is 0.241. The minimum Gasteiger partial charge on any atom is -0.341 e. The first-order valence-electron chi connectivity index (χ1n) is 9.22. The molecular weight excluding hydrogens is 454 g/mol. The first-order valence-corrected chi connectivity index (χ1v) is 10.4. The Kier molecular flexibility index (Phi) is 5.32. The number of fused-ring (bicyclic) bond motifs is 1. The second kappa shape index (κ2) is 7.76. The number of nitrogens with zero attached hydrogens (tertiary/aromatic N) is 2. The first kappa shape index (κ1) is 19.9. The van der Waals surface area contributed by atoms with Crippen molar-refractivity contribution in [1.82, 2.24) is 15.1 Å². The Morgan fingerprint density at radius 3 is 2.48 bits per heavy atom. The van der Waals surface area contributed by atoms with Crippen LogP contribution >= 0.6 is 27.5 Å². The second-order valence-electron chi connectivity index (χ2n) is 7.20. The third-order valence-electron chi connectivity index (χ3n) is 5.35. The predicted molar refractivity (Wildman–Crippen MR) is 115 cm³/mol. The molecule has 2 atom stereocenters. The number of ketones is 1. The highest BCUT2D eigenvalue weighted by Gasteiger charge is 2.40. The van der Waals surface area contributed by atoms with E-state index in [1.54, 1.807) is 28.9 Å². The zero-order valence-electron chi connectivity index (χ0n) is 15.9. The van der Waals surface area contributed by atoms with E-state index < -0.39 is 6.04 Å². The van der Waals surface area contributed by atoms with Crippen molar-refractivity contribution in [3.63, 3.8) is 0 Å². The Bertz CT molecular complexity index is 1090. The van der Waals surface area contributed by atoms with Gasteiger partial charge in [0.25, 0.3) is 5.91 Å². The molecule has 4 rings (SSSR count). The zero-order chi connectivity index (χ0) is 20.7. The lowest BCUT2D eigenvalue weighted by atomic mass is 9.76. The van der Waals surface area contributed by atoms with E-state index in [9.17, 15) is 9.59 Å². The maximum atomic E-state index is 13.1. The number of aromatic nitrogens is 2. The molecule has 1 aliphatic carbocycles. The number of amides is 1. The number of nitrogens with one attached hydrogen (secondary N) is 1. The van der Waals surface area contributed by atoms with Crippen LogP contribution in [0.2, 0.25) is 5.02 Å². The molecule has 0 fully saturated rings. The van der Waals surface area contributed by atoms with Crippen molar-refractivity contribution in [2.24, 2.45) is 7.05 Å². The van der Waals surface area contributed by atoms with Crippen molar-refractivity contribution < 1.29 is 9.59 Å². The third kappa shape index (κ3) is 3.74. The van der Waals surface area contributed by atoms with Crippen LogP contribution in [0.4, 0.5) is 0 Å². The second-order valence-corrected chi connectivity index (χ2v) is 8.55. The average molecular weight is 473 g/mol. The number of hydrogen-bond donors (Lipinski definition) is 1. The molecule has 2 aromatic carbocycles. The fourth-order valence-electron chi connectivity index (χ4n) is 3.98. The SMILES string of the molecule is Cc1nn(C)c2c1[C@@H](c1ccc(Br)cc1)[C@H](NC(=O)c1ccc(Cl)cc1)C(=O)C2. The highest BCUT2D eigenvalue weighted by atomic mass is 79.9. The van der Waals surface area contributed by atoms with Crippen molar-refractivity contribution in [2.75, 3.05) is 0 Å². The molecule has 1 aliphatic rings. The molecule has 1 aromatic heterocycles. The van der Waals surface area contributed by atoms with E-state index in [2.05, 4.69) is 26.3 Å². The van der Waals surface area contributed by atoms with E-state index >= 15 is 0 Å². The van der Waals surface area contributed by atoms with Crippen LogP contribution in [-0.2, 0) is 18.3 Å². The van der Waals surface area contributed by atoms with E-state index in [4.69, 9.17) is 11.6 Å². The molecule has 0 saturated heterocycles. The Labute approximate surface area is 182 Å². The van der Waals surface area contributed by atoms with E-state index in [1.807, 2.05) is 38.2 Å². The van der Waals surface area contributed by atoms with Crippen LogP contribution in [0, 0.1) is 6.92 Å². The largest absolute Gasteiger partial charge is 0.341 e. The van der Waals surface area contributed by atoms with Crippen LogP contribution in [0.3, 0.4) is 0 Å². The van der Waals surface area contributed by atoms with Crippen LogP contribution in [0.15, 0.2) is 53.0 Å². The summed E-state index contributed by atoms with van der Waals surface area (Å²) in [5.74, 6) is -0.632. The van der Waals surface area contributed by atoms with Crippen molar-refractivity contribution in [3.8, 4) is 0 Å². The lowest BCUT2D eigenvalue weighted by Crippen LogP contribution is -2.48. The summed E-state index contributed by atoms with van der Waals surface area (Å²) >= 11 is 9.38. The van der Waals surface area contributed by atoms with Crippen molar-refractivity contribution in [2.45, 2.75) is 25.3 Å². The minimum atomic E-state index is -0.672. The van der Waals surface area contributed by atoms with Crippen LogP contribution in [-0.4, -0.2) is 27.5 Å². The van der Waals surface area contributed by atoms with Gasteiger partial charge in [-0.25, -0.2) is 0 Å². The summed E-state index contributed by atoms with van der Waals surface area (Å²) in [5, 5.41) is 8.05. The number of aryl methyl sites for hydroxylation is 2. The molecule has 0 aliphatic heterocycles. The predicted octanol–water partition coefficient (Wildman–Crippen LogP) is 4.20. The van der Waals surface area contributed by atoms with E-state index in [-0.39, 0.29) is 24.0 Å². The molecule has 0 saturated carbocycles. The molecule has 7 heteroatoms. The molecule has 0 radical (unpaired) electrons. The van der Waals surface area contributed by atoms with Gasteiger partial charge in [0.2, 0.25) is 0 Å². The van der Waals surface area contributed by atoms with Gasteiger partial charge in [-0.3, -0.25) is 14.3 Å². The van der Waals surface area contributed by atoms with Crippen LogP contribution < -0.4 is 5.32 Å². The molecule has 29 heavy (non-hydrogen) atoms. The number of carbonyl (C=O) groups is 2. The van der Waals surface area contributed by atoms with Crippen molar-refractivity contribution in [1.29, 1.82) is 0 Å². The number of Topliss-reactive ketones (excluding diaryl/α,β-unsaturated/α-hetero) is 1. The highest BCUT2D eigenvalue weighted by molar-refractivity contribution is 9.10. The lowest BCUT2D eigenvalue weighted by Gasteiger charge is -2.32. The number of halogens is 2. The van der Waals surface area contributed by atoms with Gasteiger partial charge >= 0.3 is 0 Å². The topological polar surface area (TPSA) is 64.0 Å². The van der Waals surface area contributed by atoms with Gasteiger partial charge in [0, 0.05) is 39.3 Å². The van der Waals surface area contributed by atoms with Crippen LogP contribution in [0.5, 0.6) is 0 Å². The molecule has 0 spiro atoms. The molecule has 0 bridgehead atoms. The van der Waals surface area contributed by atoms with Crippen molar-refractivity contribution >= 4 is 39.2 Å². The summed E-state index contributed by atoms with van der Waals surface area (Å²) in [7, 11) is 1.85. The molecule has 1 amide bonds. The number of hydrogen-bond acceptors (Lipinski definition) is 3. The van der Waals surface area contributed by atoms with Gasteiger partial charge in [-0.2, -0.15) is 5.10 Å². The third-order valence-corrected chi connectivity index (χ3v) is 6.13. The quantitative estimate of drug-likeness (QED) is 0.621. The summed E-state index contributed by atoms with van der Waals surface area (Å²) in [4.78, 5) is 26.0. The van der Waals surface area contributed by atoms with E-state index in [1.165, 1.54) is 0 Å². The van der Waals surface area contributed by atoms with Crippen LogP contribution in [0.1, 0.15) is 38.8 Å². The fraction of sp³-hybridized carbons (Fsp3) is 0.227. The smallest absolute Gasteiger partial charge is 0.251 e. The summed E-state index contributed by atoms with van der Waals surface area (Å²) in [6.45, 7) is 1.94. The van der Waals surface area contributed by atoms with Gasteiger partial charge in [0.05, 0.1) is 18.2 Å². The van der Waals surface area contributed by atoms with E-state index in [0.29, 0.717) is 10.6 Å². The number of carbonyl (C=O) groups excluding carboxylic acids is 2. The first-order chi connectivity index (χ1) is 13.8. The van der Waals surface area contributed by atoms with E-state index in [0.717, 1.165) is 27.0 Å². The lowest BCUT2D eigenvalue weighted by molar-refractivity contribution is -0.121. The summed E-state index contributed by atoms with van der Waals surface area (Å²) in [6, 6.07) is 13.8. The summed E-state index contributed by atoms with van der Waals surface area (Å²) in [5.41, 5.74) is 4.20. The fourth-order valence-corrected chi connectivity index (χ4v) is 4.37. The normalized spacial score (nSPS) is 18.4. The average Bonchev–Trinajstić information content (AvgIpc) is 2.97. The molecule has 3 aromatic rings. The van der Waals surface area contributed by atoms with Gasteiger partial charge in [-0.05, 0) is 48.9 Å². The Balaban J connectivity index is 1.77. The Morgan fingerprint density at radius 2 is 1.83 bits per heavy atom. The molecule has 0 unspecified atom stereocenters. The number of benzene rings is 2. The maximum absolute atomic E-state index is 13.1. The zero-order valence-corrected chi connectivity index (χ0v) is 18.3. The molecule has 5 nitrogen and oxygen atoms in total. The molecular formula is C22H19BrClN3O2. The monoisotopic (exact) mass is 471 g/mol. The maximum Gasteiger partial charge on any atom is 0.251 e. The van der Waals surface area contributed by atoms with Crippen molar-refractivity contribution in [3.05, 3.63) is 86.1 Å². The molecule has 1 N–H and O–H groups in total. The van der Waals surface area contributed by atoms with Gasteiger partial charge in [0.1, 0.15) is 0 Å². The standard InChI is InChI=1S/C22H19BrClN3O2/c1-12-19-17(27(2)26-12)11-18(28)21(20(19)13-3-7-15(23)8-4-13)25-22(29)14-5-9-16(24)10-6-14/h3-10,20-21H,11H2,1-2H3,(H,25,29)/t20-,21-/m1/s1. The molecule has 148 valence electrons. The van der Waals surface area contributed by atoms with Gasteiger partial charge in [0.15, 0.2) is 5.78 Å². The van der Waals surface area contributed by atoms with Gasteiger partial charge in [-0.15, -0.1) is 0 Å². The molecule has 1 heterocycles. The summed E-state index contributed by atoms with van der Waals surface area (Å²) < 4.78 is 2.72. The van der Waals surface area contributed by atoms with Crippen LogP contribution in [0.25, 0.3) is 0 Å². The van der Waals surface area contributed by atoms with Gasteiger partial charge < -0.3 is 5.32 Å². The Hall–Kier alpha value is -2.44. The minimum absolute atomic E-state index is 0.0317. The highest BCUT2D eigenvalue weighted by Crippen LogP contribution is 2.38.